The van der Waals surface area contributed by atoms with E-state index in [1.807, 2.05) is 29.6 Å². The lowest BCUT2D eigenvalue weighted by Crippen LogP contribution is -1.95. The second-order valence-electron chi connectivity index (χ2n) is 3.02. The largest absolute Gasteiger partial charge is 0.287 e. The van der Waals surface area contributed by atoms with Gasteiger partial charge in [0.15, 0.2) is 0 Å². The van der Waals surface area contributed by atoms with Crippen LogP contribution in [0.1, 0.15) is 10.4 Å². The first-order valence-corrected chi connectivity index (χ1v) is 6.40. The Kier molecular flexibility index (Phi) is 3.82. The Balaban J connectivity index is 2.34. The molecule has 0 radical (unpaired) electrons. The minimum absolute atomic E-state index is 0.434. The van der Waals surface area contributed by atoms with Gasteiger partial charge in [0.2, 0.25) is 5.91 Å². The number of carbonyl (C=O) groups is 1. The normalized spacial score (nSPS) is 9.65. The van der Waals surface area contributed by atoms with Gasteiger partial charge >= 0.3 is 0 Å². The molecule has 1 heterocycles. The number of benzene rings is 1. The Bertz CT molecular complexity index is 574. The average molecular weight is 261 g/mol. The van der Waals surface area contributed by atoms with E-state index in [4.69, 9.17) is 5.53 Å². The zero-order valence-electron chi connectivity index (χ0n) is 8.61. The molecule has 1 aromatic carbocycles. The lowest BCUT2D eigenvalue weighted by molar-refractivity contribution is 0.0997. The van der Waals surface area contributed by atoms with Crippen LogP contribution in [-0.2, 0) is 0 Å². The van der Waals surface area contributed by atoms with E-state index in [2.05, 4.69) is 10.0 Å². The van der Waals surface area contributed by atoms with Gasteiger partial charge in [0.25, 0.3) is 0 Å². The van der Waals surface area contributed by atoms with Crippen LogP contribution in [0.25, 0.3) is 10.4 Å². The monoisotopic (exact) mass is 261 g/mol. The van der Waals surface area contributed by atoms with E-state index in [9.17, 15) is 4.79 Å². The second kappa shape index (κ2) is 5.54. The standard InChI is InChI=1S/C11H7N3OS2/c12-14-13-11(15)8-4-1-2-5-9(8)17-10-6-3-7-16-10/h1-7H. The predicted octanol–water partition coefficient (Wildman–Crippen LogP) is 4.35. The lowest BCUT2D eigenvalue weighted by Gasteiger charge is -2.03. The number of amides is 1. The maximum absolute atomic E-state index is 11.6. The highest BCUT2D eigenvalue weighted by molar-refractivity contribution is 8.01. The van der Waals surface area contributed by atoms with Crippen molar-refractivity contribution >= 4 is 29.0 Å². The van der Waals surface area contributed by atoms with Crippen LogP contribution in [0.5, 0.6) is 0 Å². The Labute approximate surface area is 106 Å². The zero-order valence-corrected chi connectivity index (χ0v) is 10.2. The Morgan fingerprint density at radius 2 is 2.12 bits per heavy atom. The molecule has 0 saturated heterocycles. The number of azide groups is 1. The van der Waals surface area contributed by atoms with Crippen LogP contribution in [0.3, 0.4) is 0 Å². The van der Waals surface area contributed by atoms with E-state index in [1.54, 1.807) is 23.5 Å². The molecular formula is C11H7N3OS2. The zero-order chi connectivity index (χ0) is 12.1. The third-order valence-electron chi connectivity index (χ3n) is 1.96. The molecule has 0 N–H and O–H groups in total. The van der Waals surface area contributed by atoms with Gasteiger partial charge in [-0.15, -0.1) is 11.3 Å². The molecule has 6 heteroatoms. The summed E-state index contributed by atoms with van der Waals surface area (Å²) in [5.74, 6) is -0.549. The summed E-state index contributed by atoms with van der Waals surface area (Å²) in [4.78, 5) is 14.9. The molecule has 0 bridgehead atoms. The Morgan fingerprint density at radius 1 is 1.29 bits per heavy atom. The second-order valence-corrected chi connectivity index (χ2v) is 5.31. The SMILES string of the molecule is [N-]=[N+]=NC(=O)c1ccccc1Sc1cccs1. The smallest absolute Gasteiger partial charge is 0.250 e. The highest BCUT2D eigenvalue weighted by Gasteiger charge is 2.10. The molecule has 0 aliphatic carbocycles. The van der Waals surface area contributed by atoms with Crippen LogP contribution >= 0.6 is 23.1 Å². The number of nitrogens with zero attached hydrogens (tertiary/aromatic N) is 3. The third kappa shape index (κ3) is 2.88. The van der Waals surface area contributed by atoms with Crippen molar-refractivity contribution in [1.82, 2.24) is 0 Å². The molecule has 84 valence electrons. The molecule has 0 unspecified atom stereocenters. The fourth-order valence-corrected chi connectivity index (χ4v) is 3.11. The molecule has 4 nitrogen and oxygen atoms in total. The van der Waals surface area contributed by atoms with E-state index in [-0.39, 0.29) is 0 Å². The summed E-state index contributed by atoms with van der Waals surface area (Å²) < 4.78 is 1.09. The van der Waals surface area contributed by atoms with Crippen molar-refractivity contribution in [2.45, 2.75) is 9.10 Å². The fraction of sp³-hybridized carbons (Fsp3) is 0. The molecule has 0 saturated carbocycles. The molecule has 0 fully saturated rings. The van der Waals surface area contributed by atoms with Gasteiger partial charge in [-0.25, -0.2) is 0 Å². The van der Waals surface area contributed by atoms with Gasteiger partial charge in [-0.2, -0.15) is 0 Å². The van der Waals surface area contributed by atoms with E-state index in [1.165, 1.54) is 11.8 Å². The Hall–Kier alpha value is -1.75. The van der Waals surface area contributed by atoms with Gasteiger partial charge in [-0.3, -0.25) is 4.79 Å². The Morgan fingerprint density at radius 3 is 2.82 bits per heavy atom. The molecule has 0 spiro atoms. The van der Waals surface area contributed by atoms with Crippen LogP contribution in [0.15, 0.2) is 56.0 Å². The maximum Gasteiger partial charge on any atom is 0.250 e. The summed E-state index contributed by atoms with van der Waals surface area (Å²) in [6.07, 6.45) is 0. The summed E-state index contributed by atoms with van der Waals surface area (Å²) >= 11 is 3.09. The number of carbonyl (C=O) groups excluding carboxylic acids is 1. The summed E-state index contributed by atoms with van der Waals surface area (Å²) in [6.45, 7) is 0. The van der Waals surface area contributed by atoms with Crippen molar-refractivity contribution in [1.29, 1.82) is 0 Å². The summed E-state index contributed by atoms with van der Waals surface area (Å²) in [5, 5.41) is 5.09. The van der Waals surface area contributed by atoms with Crippen LogP contribution in [0.4, 0.5) is 0 Å². The topological polar surface area (TPSA) is 65.8 Å². The predicted molar refractivity (Wildman–Crippen MR) is 68.4 cm³/mol. The number of rotatable bonds is 3. The summed E-state index contributed by atoms with van der Waals surface area (Å²) in [6, 6.07) is 11.0. The fourth-order valence-electron chi connectivity index (χ4n) is 1.26. The van der Waals surface area contributed by atoms with Crippen molar-refractivity contribution in [2.75, 3.05) is 0 Å². The summed E-state index contributed by atoms with van der Waals surface area (Å²) in [7, 11) is 0. The number of hydrogen-bond donors (Lipinski definition) is 0. The van der Waals surface area contributed by atoms with E-state index in [0.29, 0.717) is 5.56 Å². The molecular weight excluding hydrogens is 254 g/mol. The molecule has 1 amide bonds. The van der Waals surface area contributed by atoms with Crippen LogP contribution < -0.4 is 0 Å². The van der Waals surface area contributed by atoms with Gasteiger partial charge in [0.05, 0.1) is 4.21 Å². The van der Waals surface area contributed by atoms with Crippen molar-refractivity contribution in [3.63, 3.8) is 0 Å². The van der Waals surface area contributed by atoms with E-state index < -0.39 is 5.91 Å². The van der Waals surface area contributed by atoms with Gasteiger partial charge in [-0.1, -0.05) is 36.0 Å². The van der Waals surface area contributed by atoms with E-state index >= 15 is 0 Å². The first-order valence-electron chi connectivity index (χ1n) is 4.71. The molecule has 1 aromatic heterocycles. The van der Waals surface area contributed by atoms with Crippen molar-refractivity contribution in [3.05, 3.63) is 57.8 Å². The molecule has 2 rings (SSSR count). The van der Waals surface area contributed by atoms with Crippen molar-refractivity contribution < 1.29 is 4.79 Å². The first-order chi connectivity index (χ1) is 8.31. The quantitative estimate of drug-likeness (QED) is 0.468. The van der Waals surface area contributed by atoms with Gasteiger partial charge in [0.1, 0.15) is 0 Å². The first kappa shape index (κ1) is 11.7. The van der Waals surface area contributed by atoms with Crippen molar-refractivity contribution in [2.24, 2.45) is 5.11 Å². The number of thiophene rings is 1. The molecule has 0 aliphatic rings. The van der Waals surface area contributed by atoms with Gasteiger partial charge < -0.3 is 0 Å². The highest BCUT2D eigenvalue weighted by atomic mass is 32.2. The third-order valence-corrected chi connectivity index (χ3v) is 4.07. The van der Waals surface area contributed by atoms with Gasteiger partial charge in [-0.05, 0) is 28.2 Å². The van der Waals surface area contributed by atoms with Crippen LogP contribution in [0, 0.1) is 0 Å². The molecule has 0 atom stereocenters. The molecule has 0 aliphatic heterocycles. The average Bonchev–Trinajstić information content (AvgIpc) is 2.83. The summed E-state index contributed by atoms with van der Waals surface area (Å²) in [5.41, 5.74) is 8.71. The lowest BCUT2D eigenvalue weighted by atomic mass is 10.2. The van der Waals surface area contributed by atoms with Crippen molar-refractivity contribution in [3.8, 4) is 0 Å². The van der Waals surface area contributed by atoms with E-state index in [0.717, 1.165) is 9.10 Å². The minimum Gasteiger partial charge on any atom is -0.287 e. The molecule has 17 heavy (non-hydrogen) atoms. The number of hydrogen-bond acceptors (Lipinski definition) is 3. The van der Waals surface area contributed by atoms with Crippen LogP contribution in [0.2, 0.25) is 0 Å². The van der Waals surface area contributed by atoms with Crippen LogP contribution in [-0.4, -0.2) is 5.91 Å². The molecule has 2 aromatic rings. The minimum atomic E-state index is -0.549. The maximum atomic E-state index is 11.6. The van der Waals surface area contributed by atoms with Gasteiger partial charge in [0, 0.05) is 15.4 Å². The highest BCUT2D eigenvalue weighted by Crippen LogP contribution is 2.33.